The largest absolute Gasteiger partial charge is 0.508 e. The van der Waals surface area contributed by atoms with E-state index in [0.717, 1.165) is 16.9 Å². The monoisotopic (exact) mass is 200 g/mol. The Bertz CT molecular complexity index is 451. The molecule has 2 N–H and O–H groups in total. The zero-order chi connectivity index (χ0) is 10.7. The van der Waals surface area contributed by atoms with Crippen molar-refractivity contribution in [1.82, 2.24) is 4.98 Å². The average Bonchev–Trinajstić information content (AvgIpc) is 2.30. The average molecular weight is 200 g/mol. The van der Waals surface area contributed by atoms with E-state index in [1.165, 1.54) is 0 Å². The Labute approximate surface area is 88.4 Å². The molecule has 0 bridgehead atoms. The van der Waals surface area contributed by atoms with Gasteiger partial charge in [0, 0.05) is 13.2 Å². The lowest BCUT2D eigenvalue weighted by molar-refractivity contribution is 0.475. The molecular weight excluding hydrogens is 188 g/mol. The van der Waals surface area contributed by atoms with Crippen LogP contribution in [0.25, 0.3) is 11.1 Å². The van der Waals surface area contributed by atoms with Crippen molar-refractivity contribution in [2.24, 2.45) is 0 Å². The number of benzene rings is 1. The van der Waals surface area contributed by atoms with Crippen LogP contribution in [0.3, 0.4) is 0 Å². The fourth-order valence-corrected chi connectivity index (χ4v) is 1.40. The standard InChI is InChI=1S/C12H12N2O/c1-13-12-8-10(6-7-14-12)9-2-4-11(15)5-3-9/h2-8,15H,1H3,(H,13,14). The first kappa shape index (κ1) is 9.52. The first-order chi connectivity index (χ1) is 7.29. The van der Waals surface area contributed by atoms with Crippen LogP contribution in [0, 0.1) is 0 Å². The maximum Gasteiger partial charge on any atom is 0.126 e. The second-order valence-electron chi connectivity index (χ2n) is 3.23. The first-order valence-corrected chi connectivity index (χ1v) is 4.73. The molecule has 0 fully saturated rings. The van der Waals surface area contributed by atoms with Crippen molar-refractivity contribution < 1.29 is 5.11 Å². The molecule has 1 aromatic heterocycles. The lowest BCUT2D eigenvalue weighted by atomic mass is 10.1. The molecule has 0 unspecified atom stereocenters. The predicted molar refractivity (Wildman–Crippen MR) is 60.9 cm³/mol. The van der Waals surface area contributed by atoms with Crippen LogP contribution in [0.4, 0.5) is 5.82 Å². The lowest BCUT2D eigenvalue weighted by Crippen LogP contribution is -1.91. The Kier molecular flexibility index (Phi) is 2.54. The van der Waals surface area contributed by atoms with Crippen LogP contribution >= 0.6 is 0 Å². The molecule has 0 aliphatic heterocycles. The van der Waals surface area contributed by atoms with Crippen LogP contribution in [0.2, 0.25) is 0 Å². The summed E-state index contributed by atoms with van der Waals surface area (Å²) in [5.41, 5.74) is 2.14. The topological polar surface area (TPSA) is 45.1 Å². The third-order valence-corrected chi connectivity index (χ3v) is 2.22. The van der Waals surface area contributed by atoms with Gasteiger partial charge in [0.25, 0.3) is 0 Å². The molecule has 2 rings (SSSR count). The van der Waals surface area contributed by atoms with Crippen LogP contribution in [0.15, 0.2) is 42.6 Å². The molecule has 0 atom stereocenters. The number of nitrogens with one attached hydrogen (secondary N) is 1. The van der Waals surface area contributed by atoms with E-state index in [0.29, 0.717) is 0 Å². The molecular formula is C12H12N2O. The molecule has 1 heterocycles. The molecule has 0 saturated heterocycles. The summed E-state index contributed by atoms with van der Waals surface area (Å²) in [5, 5.41) is 12.2. The Morgan fingerprint density at radius 3 is 2.47 bits per heavy atom. The van der Waals surface area contributed by atoms with Gasteiger partial charge in [-0.1, -0.05) is 12.1 Å². The smallest absolute Gasteiger partial charge is 0.126 e. The van der Waals surface area contributed by atoms with Crippen molar-refractivity contribution in [1.29, 1.82) is 0 Å². The summed E-state index contributed by atoms with van der Waals surface area (Å²) in [6.45, 7) is 0. The number of nitrogens with zero attached hydrogens (tertiary/aromatic N) is 1. The number of phenols is 1. The first-order valence-electron chi connectivity index (χ1n) is 4.73. The fourth-order valence-electron chi connectivity index (χ4n) is 1.40. The van der Waals surface area contributed by atoms with Crippen molar-refractivity contribution in [3.8, 4) is 16.9 Å². The molecule has 1 aromatic carbocycles. The van der Waals surface area contributed by atoms with Gasteiger partial charge in [-0.3, -0.25) is 0 Å². The third-order valence-electron chi connectivity index (χ3n) is 2.22. The van der Waals surface area contributed by atoms with Gasteiger partial charge >= 0.3 is 0 Å². The minimum absolute atomic E-state index is 0.279. The van der Waals surface area contributed by atoms with E-state index in [9.17, 15) is 5.11 Å². The summed E-state index contributed by atoms with van der Waals surface area (Å²) in [7, 11) is 1.84. The Balaban J connectivity index is 2.40. The number of aromatic hydroxyl groups is 1. The van der Waals surface area contributed by atoms with Crippen LogP contribution in [-0.4, -0.2) is 17.1 Å². The van der Waals surface area contributed by atoms with E-state index in [2.05, 4.69) is 10.3 Å². The van der Waals surface area contributed by atoms with Gasteiger partial charge < -0.3 is 10.4 Å². The van der Waals surface area contributed by atoms with Crippen LogP contribution in [0.5, 0.6) is 5.75 Å². The number of aromatic nitrogens is 1. The van der Waals surface area contributed by atoms with Gasteiger partial charge in [-0.05, 0) is 35.4 Å². The van der Waals surface area contributed by atoms with Crippen molar-refractivity contribution in [2.75, 3.05) is 12.4 Å². The van der Waals surface area contributed by atoms with E-state index in [1.54, 1.807) is 18.3 Å². The number of hydrogen-bond acceptors (Lipinski definition) is 3. The second-order valence-corrected chi connectivity index (χ2v) is 3.23. The SMILES string of the molecule is CNc1cc(-c2ccc(O)cc2)ccn1. The van der Waals surface area contributed by atoms with Crippen LogP contribution < -0.4 is 5.32 Å². The van der Waals surface area contributed by atoms with Gasteiger partial charge in [-0.25, -0.2) is 4.98 Å². The molecule has 0 amide bonds. The van der Waals surface area contributed by atoms with Crippen LogP contribution in [-0.2, 0) is 0 Å². The van der Waals surface area contributed by atoms with Gasteiger partial charge in [0.1, 0.15) is 11.6 Å². The highest BCUT2D eigenvalue weighted by atomic mass is 16.3. The number of hydrogen-bond donors (Lipinski definition) is 2. The third kappa shape index (κ3) is 2.07. The van der Waals surface area contributed by atoms with Gasteiger partial charge in [0.05, 0.1) is 0 Å². The van der Waals surface area contributed by atoms with E-state index >= 15 is 0 Å². The summed E-state index contributed by atoms with van der Waals surface area (Å²) in [5.74, 6) is 1.11. The Morgan fingerprint density at radius 2 is 1.80 bits per heavy atom. The summed E-state index contributed by atoms with van der Waals surface area (Å²) in [4.78, 5) is 4.14. The van der Waals surface area contributed by atoms with E-state index < -0.39 is 0 Å². The quantitative estimate of drug-likeness (QED) is 0.782. The summed E-state index contributed by atoms with van der Waals surface area (Å²) < 4.78 is 0. The van der Waals surface area contributed by atoms with Gasteiger partial charge in [-0.15, -0.1) is 0 Å². The van der Waals surface area contributed by atoms with Crippen molar-refractivity contribution in [3.63, 3.8) is 0 Å². The van der Waals surface area contributed by atoms with Crippen molar-refractivity contribution in [2.45, 2.75) is 0 Å². The Hall–Kier alpha value is -2.03. The number of pyridine rings is 1. The van der Waals surface area contributed by atoms with Gasteiger partial charge in [-0.2, -0.15) is 0 Å². The molecule has 0 aliphatic carbocycles. The van der Waals surface area contributed by atoms with Crippen molar-refractivity contribution >= 4 is 5.82 Å². The molecule has 0 saturated carbocycles. The normalized spacial score (nSPS) is 9.93. The minimum Gasteiger partial charge on any atom is -0.508 e. The summed E-state index contributed by atoms with van der Waals surface area (Å²) in [6.07, 6.45) is 1.76. The highest BCUT2D eigenvalue weighted by Crippen LogP contribution is 2.22. The fraction of sp³-hybridized carbons (Fsp3) is 0.0833. The van der Waals surface area contributed by atoms with Crippen molar-refractivity contribution in [3.05, 3.63) is 42.6 Å². The molecule has 76 valence electrons. The maximum absolute atomic E-state index is 9.18. The summed E-state index contributed by atoms with van der Waals surface area (Å²) in [6, 6.07) is 11.0. The minimum atomic E-state index is 0.279. The van der Waals surface area contributed by atoms with E-state index in [-0.39, 0.29) is 5.75 Å². The zero-order valence-electron chi connectivity index (χ0n) is 8.44. The highest BCUT2D eigenvalue weighted by Gasteiger charge is 1.98. The zero-order valence-corrected chi connectivity index (χ0v) is 8.44. The number of anilines is 1. The van der Waals surface area contributed by atoms with Crippen LogP contribution in [0.1, 0.15) is 0 Å². The van der Waals surface area contributed by atoms with Gasteiger partial charge in [0.15, 0.2) is 0 Å². The predicted octanol–water partition coefficient (Wildman–Crippen LogP) is 2.50. The molecule has 0 spiro atoms. The van der Waals surface area contributed by atoms with Gasteiger partial charge in [0.2, 0.25) is 0 Å². The lowest BCUT2D eigenvalue weighted by Gasteiger charge is -2.04. The molecule has 0 radical (unpaired) electrons. The highest BCUT2D eigenvalue weighted by molar-refractivity contribution is 5.66. The molecule has 3 nitrogen and oxygen atoms in total. The second kappa shape index (κ2) is 4.00. The Morgan fingerprint density at radius 1 is 1.07 bits per heavy atom. The van der Waals surface area contributed by atoms with E-state index in [4.69, 9.17) is 0 Å². The summed E-state index contributed by atoms with van der Waals surface area (Å²) >= 11 is 0. The molecule has 0 aliphatic rings. The number of rotatable bonds is 2. The van der Waals surface area contributed by atoms with E-state index in [1.807, 2.05) is 31.3 Å². The molecule has 2 aromatic rings. The number of phenolic OH excluding ortho intramolecular Hbond substituents is 1. The molecule has 15 heavy (non-hydrogen) atoms. The molecule has 3 heteroatoms. The maximum atomic E-state index is 9.18.